The van der Waals surface area contributed by atoms with Gasteiger partial charge >= 0.3 is 0 Å². The van der Waals surface area contributed by atoms with Gasteiger partial charge in [-0.2, -0.15) is 0 Å². The van der Waals surface area contributed by atoms with Crippen molar-refractivity contribution >= 4 is 17.4 Å². The summed E-state index contributed by atoms with van der Waals surface area (Å²) in [6, 6.07) is 14.5. The molecule has 4 rings (SSSR count). The number of rotatable bonds is 11. The summed E-state index contributed by atoms with van der Waals surface area (Å²) in [5.74, 6) is 0.258. The van der Waals surface area contributed by atoms with E-state index in [1.165, 1.54) is 25.4 Å². The van der Waals surface area contributed by atoms with Gasteiger partial charge in [-0.25, -0.2) is 0 Å². The third-order valence-electron chi connectivity index (χ3n) is 6.30. The number of aliphatic hydroxyl groups is 1. The SMILES string of the molecule is CCCCCOc1ccc(C2C(=C(O)c3cccc(OC)c3)C(=O)C(=O)N2Cc2ccco2)cc1OC. The molecule has 2 aromatic carbocycles. The van der Waals surface area contributed by atoms with E-state index in [-0.39, 0.29) is 17.9 Å². The number of benzene rings is 2. The minimum Gasteiger partial charge on any atom is -0.507 e. The molecule has 3 aromatic rings. The molecule has 1 N–H and O–H groups in total. The number of carbonyl (C=O) groups excluding carboxylic acids is 2. The van der Waals surface area contributed by atoms with E-state index >= 15 is 0 Å². The number of Topliss-reactive ketones (excluding diaryl/α,β-unsaturated/α-hetero) is 1. The Balaban J connectivity index is 1.79. The first kappa shape index (κ1) is 25.9. The molecule has 0 spiro atoms. The van der Waals surface area contributed by atoms with Gasteiger partial charge < -0.3 is 28.6 Å². The van der Waals surface area contributed by atoms with Crippen LogP contribution in [0.25, 0.3) is 5.76 Å². The number of amides is 1. The van der Waals surface area contributed by atoms with E-state index in [0.717, 1.165) is 19.3 Å². The van der Waals surface area contributed by atoms with Gasteiger partial charge in [0.2, 0.25) is 0 Å². The maximum absolute atomic E-state index is 13.3. The maximum Gasteiger partial charge on any atom is 0.296 e. The van der Waals surface area contributed by atoms with Gasteiger partial charge in [-0.1, -0.05) is 38.0 Å². The molecule has 194 valence electrons. The predicted molar refractivity (Wildman–Crippen MR) is 138 cm³/mol. The molecule has 0 aliphatic carbocycles. The Kier molecular flexibility index (Phi) is 8.18. The molecule has 1 saturated heterocycles. The van der Waals surface area contributed by atoms with Gasteiger partial charge in [0.1, 0.15) is 17.3 Å². The number of methoxy groups -OCH3 is 2. The number of nitrogens with zero attached hydrogens (tertiary/aromatic N) is 1. The number of hydrogen-bond acceptors (Lipinski definition) is 7. The van der Waals surface area contributed by atoms with Crippen LogP contribution >= 0.6 is 0 Å². The summed E-state index contributed by atoms with van der Waals surface area (Å²) in [6.07, 6.45) is 4.57. The number of carbonyl (C=O) groups is 2. The van der Waals surface area contributed by atoms with Gasteiger partial charge in [0.05, 0.1) is 45.2 Å². The van der Waals surface area contributed by atoms with Crippen LogP contribution in [0, 0.1) is 0 Å². The fourth-order valence-electron chi connectivity index (χ4n) is 4.39. The highest BCUT2D eigenvalue weighted by molar-refractivity contribution is 6.46. The number of ketones is 1. The molecule has 8 heteroatoms. The smallest absolute Gasteiger partial charge is 0.296 e. The van der Waals surface area contributed by atoms with Crippen molar-refractivity contribution in [1.82, 2.24) is 4.90 Å². The van der Waals surface area contributed by atoms with Gasteiger partial charge in [0.25, 0.3) is 11.7 Å². The van der Waals surface area contributed by atoms with E-state index in [0.29, 0.717) is 40.7 Å². The summed E-state index contributed by atoms with van der Waals surface area (Å²) in [6.45, 7) is 2.73. The summed E-state index contributed by atoms with van der Waals surface area (Å²) in [4.78, 5) is 27.9. The van der Waals surface area contributed by atoms with E-state index in [4.69, 9.17) is 18.6 Å². The Bertz CT molecular complexity index is 1280. The molecule has 8 nitrogen and oxygen atoms in total. The molecule has 1 aliphatic heterocycles. The van der Waals surface area contributed by atoms with Crippen LogP contribution in [-0.2, 0) is 16.1 Å². The number of likely N-dealkylation sites (tertiary alicyclic amines) is 1. The molecule has 0 saturated carbocycles. The first-order valence-electron chi connectivity index (χ1n) is 12.2. The highest BCUT2D eigenvalue weighted by atomic mass is 16.5. The van der Waals surface area contributed by atoms with Crippen molar-refractivity contribution < 1.29 is 33.3 Å². The van der Waals surface area contributed by atoms with Crippen LogP contribution in [0.3, 0.4) is 0 Å². The lowest BCUT2D eigenvalue weighted by Gasteiger charge is -2.25. The predicted octanol–water partition coefficient (Wildman–Crippen LogP) is 5.49. The van der Waals surface area contributed by atoms with E-state index in [9.17, 15) is 14.7 Å². The quantitative estimate of drug-likeness (QED) is 0.159. The fourth-order valence-corrected chi connectivity index (χ4v) is 4.39. The zero-order valence-electron chi connectivity index (χ0n) is 21.2. The number of hydrogen-bond donors (Lipinski definition) is 1. The lowest BCUT2D eigenvalue weighted by atomic mass is 9.95. The van der Waals surface area contributed by atoms with E-state index in [1.807, 2.05) is 0 Å². The lowest BCUT2D eigenvalue weighted by molar-refractivity contribution is -0.140. The van der Waals surface area contributed by atoms with Crippen LogP contribution in [0.4, 0.5) is 0 Å². The Hall–Kier alpha value is -4.20. The second-order valence-electron chi connectivity index (χ2n) is 8.70. The topological polar surface area (TPSA) is 98.4 Å². The second kappa shape index (κ2) is 11.7. The molecular formula is C29H31NO7. The van der Waals surface area contributed by atoms with Crippen molar-refractivity contribution in [3.63, 3.8) is 0 Å². The standard InChI is InChI=1S/C29H31NO7/c1-4-5-6-14-37-23-13-12-19(17-24(23)35-3)26-25(27(31)20-9-7-10-21(16-20)34-2)28(32)29(33)30(26)18-22-11-8-15-36-22/h7-13,15-17,26,31H,4-6,14,18H2,1-3H3. The van der Waals surface area contributed by atoms with Crippen LogP contribution in [-0.4, -0.2) is 42.5 Å². The Labute approximate surface area is 216 Å². The first-order valence-corrected chi connectivity index (χ1v) is 12.2. The summed E-state index contributed by atoms with van der Waals surface area (Å²) < 4.78 is 22.2. The van der Waals surface area contributed by atoms with Gasteiger partial charge in [-0.05, 0) is 48.4 Å². The average Bonchev–Trinajstić information content (AvgIpc) is 3.53. The number of unbranched alkanes of at least 4 members (excludes halogenated alkanes) is 2. The van der Waals surface area contributed by atoms with E-state index < -0.39 is 17.7 Å². The number of ether oxygens (including phenoxy) is 3. The molecule has 1 unspecified atom stereocenters. The monoisotopic (exact) mass is 505 g/mol. The van der Waals surface area contributed by atoms with Gasteiger partial charge in [0, 0.05) is 5.56 Å². The van der Waals surface area contributed by atoms with Crippen LogP contribution in [0.1, 0.15) is 49.1 Å². The molecule has 1 atom stereocenters. The van der Waals surface area contributed by atoms with Crippen molar-refractivity contribution in [2.45, 2.75) is 38.8 Å². The second-order valence-corrected chi connectivity index (χ2v) is 8.70. The molecular weight excluding hydrogens is 474 g/mol. The van der Waals surface area contributed by atoms with Crippen molar-refractivity contribution in [2.75, 3.05) is 20.8 Å². The van der Waals surface area contributed by atoms with Crippen molar-refractivity contribution in [3.05, 3.63) is 83.3 Å². The summed E-state index contributed by atoms with van der Waals surface area (Å²) >= 11 is 0. The largest absolute Gasteiger partial charge is 0.507 e. The summed E-state index contributed by atoms with van der Waals surface area (Å²) in [7, 11) is 3.05. The average molecular weight is 506 g/mol. The molecule has 2 heterocycles. The minimum atomic E-state index is -0.876. The van der Waals surface area contributed by atoms with E-state index in [1.54, 1.807) is 54.6 Å². The molecule has 1 amide bonds. The van der Waals surface area contributed by atoms with E-state index in [2.05, 4.69) is 6.92 Å². The van der Waals surface area contributed by atoms with Gasteiger partial charge in [0.15, 0.2) is 11.5 Å². The third-order valence-corrected chi connectivity index (χ3v) is 6.30. The van der Waals surface area contributed by atoms with Crippen molar-refractivity contribution in [1.29, 1.82) is 0 Å². The summed E-state index contributed by atoms with van der Waals surface area (Å²) in [5, 5.41) is 11.3. The molecule has 1 aliphatic rings. The zero-order valence-corrected chi connectivity index (χ0v) is 21.2. The Morgan fingerprint density at radius 1 is 1.00 bits per heavy atom. The normalized spacial score (nSPS) is 16.7. The summed E-state index contributed by atoms with van der Waals surface area (Å²) in [5.41, 5.74) is 0.930. The van der Waals surface area contributed by atoms with Gasteiger partial charge in [-0.15, -0.1) is 0 Å². The first-order chi connectivity index (χ1) is 18.0. The zero-order chi connectivity index (χ0) is 26.4. The lowest BCUT2D eigenvalue weighted by Crippen LogP contribution is -2.29. The molecule has 1 aromatic heterocycles. The highest BCUT2D eigenvalue weighted by Crippen LogP contribution is 2.43. The van der Waals surface area contributed by atoms with Crippen molar-refractivity contribution in [3.8, 4) is 17.2 Å². The maximum atomic E-state index is 13.3. The molecule has 0 radical (unpaired) electrons. The molecule has 37 heavy (non-hydrogen) atoms. The van der Waals surface area contributed by atoms with Gasteiger partial charge in [-0.3, -0.25) is 9.59 Å². The number of aliphatic hydroxyl groups excluding tert-OH is 1. The Morgan fingerprint density at radius 2 is 1.84 bits per heavy atom. The van der Waals surface area contributed by atoms with Crippen LogP contribution < -0.4 is 14.2 Å². The number of furan rings is 1. The Morgan fingerprint density at radius 3 is 2.54 bits per heavy atom. The van der Waals surface area contributed by atoms with Crippen molar-refractivity contribution in [2.24, 2.45) is 0 Å². The third kappa shape index (κ3) is 5.48. The van der Waals surface area contributed by atoms with Crippen LogP contribution in [0.5, 0.6) is 17.2 Å². The molecule has 1 fully saturated rings. The van der Waals surface area contributed by atoms with Crippen LogP contribution in [0.15, 0.2) is 70.9 Å². The van der Waals surface area contributed by atoms with Crippen LogP contribution in [0.2, 0.25) is 0 Å². The minimum absolute atomic E-state index is 0.0246. The molecule has 0 bridgehead atoms. The fraction of sp³-hybridized carbons (Fsp3) is 0.310. The highest BCUT2D eigenvalue weighted by Gasteiger charge is 2.46.